The van der Waals surface area contributed by atoms with Crippen molar-refractivity contribution in [1.29, 1.82) is 0 Å². The van der Waals surface area contributed by atoms with Gasteiger partial charge in [-0.05, 0) is 25.7 Å². The van der Waals surface area contributed by atoms with E-state index in [1.807, 2.05) is 6.92 Å². The molecule has 66 valence electrons. The second-order valence-corrected chi connectivity index (χ2v) is 5.81. The maximum atomic E-state index is 11.2. The Morgan fingerprint density at radius 1 is 1.45 bits per heavy atom. The fourth-order valence-corrected chi connectivity index (χ4v) is 3.20. The highest BCUT2D eigenvalue weighted by atomic mass is 32.2. The zero-order valence-corrected chi connectivity index (χ0v) is 7.94. The van der Waals surface area contributed by atoms with Crippen LogP contribution in [0.1, 0.15) is 26.7 Å². The summed E-state index contributed by atoms with van der Waals surface area (Å²) in [4.78, 5) is 0. The number of hydrogen-bond donors (Lipinski definition) is 0. The predicted molar refractivity (Wildman–Crippen MR) is 42.7 cm³/mol. The van der Waals surface area contributed by atoms with Crippen molar-refractivity contribution in [3.8, 4) is 0 Å². The number of hydrogen-bond acceptors (Lipinski definition) is 3. The molecule has 0 atom stereocenters. The van der Waals surface area contributed by atoms with Crippen LogP contribution in [0.5, 0.6) is 0 Å². The third kappa shape index (κ3) is 1.29. The minimum atomic E-state index is -3.29. The minimum Gasteiger partial charge on any atom is -0.273 e. The average molecular weight is 178 g/mol. The van der Waals surface area contributed by atoms with E-state index in [1.54, 1.807) is 6.92 Å². The molecule has 1 saturated carbocycles. The summed E-state index contributed by atoms with van der Waals surface area (Å²) in [7, 11) is -2.07. The van der Waals surface area contributed by atoms with Crippen LogP contribution < -0.4 is 0 Å². The topological polar surface area (TPSA) is 43.4 Å². The van der Waals surface area contributed by atoms with E-state index >= 15 is 0 Å². The zero-order valence-electron chi connectivity index (χ0n) is 7.12. The van der Waals surface area contributed by atoms with Gasteiger partial charge in [-0.3, -0.25) is 4.18 Å². The summed E-state index contributed by atoms with van der Waals surface area (Å²) < 4.78 is 26.3. The summed E-state index contributed by atoms with van der Waals surface area (Å²) in [5.74, 6) is 0.518. The lowest BCUT2D eigenvalue weighted by atomic mass is 9.76. The Balaban J connectivity index is 2.77. The van der Waals surface area contributed by atoms with Gasteiger partial charge in [-0.2, -0.15) is 8.42 Å². The van der Waals surface area contributed by atoms with Gasteiger partial charge in [0.2, 0.25) is 0 Å². The molecule has 0 N–H and O–H groups in total. The first-order valence-corrected chi connectivity index (χ1v) is 5.12. The molecule has 1 aliphatic carbocycles. The maximum absolute atomic E-state index is 11.2. The van der Waals surface area contributed by atoms with E-state index in [4.69, 9.17) is 0 Å². The summed E-state index contributed by atoms with van der Waals surface area (Å²) in [5, 5.41) is 0. The largest absolute Gasteiger partial charge is 0.273 e. The molecule has 0 radical (unpaired) electrons. The fraction of sp³-hybridized carbons (Fsp3) is 1.00. The molecule has 0 aliphatic heterocycles. The third-order valence-electron chi connectivity index (χ3n) is 2.38. The van der Waals surface area contributed by atoms with Crippen molar-refractivity contribution in [3.63, 3.8) is 0 Å². The number of rotatable bonds is 2. The normalized spacial score (nSPS) is 38.3. The van der Waals surface area contributed by atoms with Gasteiger partial charge in [-0.15, -0.1) is 0 Å². The van der Waals surface area contributed by atoms with Crippen LogP contribution in [0.2, 0.25) is 0 Å². The van der Waals surface area contributed by atoms with Crippen LogP contribution in [0.15, 0.2) is 0 Å². The molecular formula is C7H14O3S. The van der Waals surface area contributed by atoms with Gasteiger partial charge in [0, 0.05) is 0 Å². The van der Waals surface area contributed by atoms with Crippen molar-refractivity contribution in [2.24, 2.45) is 5.92 Å². The minimum absolute atomic E-state index is 0.518. The fourth-order valence-electron chi connectivity index (χ4n) is 1.82. The molecule has 0 aromatic rings. The first-order valence-electron chi connectivity index (χ1n) is 3.71. The molecule has 0 heterocycles. The van der Waals surface area contributed by atoms with E-state index in [0.29, 0.717) is 5.92 Å². The third-order valence-corrected chi connectivity index (χ3v) is 4.36. The van der Waals surface area contributed by atoms with Gasteiger partial charge < -0.3 is 0 Å². The van der Waals surface area contributed by atoms with Gasteiger partial charge in [-0.25, -0.2) is 0 Å². The van der Waals surface area contributed by atoms with Crippen molar-refractivity contribution in [2.45, 2.75) is 31.4 Å². The molecule has 4 heteroatoms. The summed E-state index contributed by atoms with van der Waals surface area (Å²) >= 11 is 0. The van der Waals surface area contributed by atoms with Gasteiger partial charge in [0.1, 0.15) is 0 Å². The molecule has 0 bridgehead atoms. The molecule has 1 fully saturated rings. The predicted octanol–water partition coefficient (Wildman–Crippen LogP) is 1.15. The molecule has 0 saturated heterocycles. The second-order valence-electron chi connectivity index (χ2n) is 3.58. The van der Waals surface area contributed by atoms with Crippen molar-refractivity contribution >= 4 is 10.1 Å². The van der Waals surface area contributed by atoms with Gasteiger partial charge in [0.15, 0.2) is 0 Å². The molecule has 0 amide bonds. The zero-order chi connectivity index (χ0) is 8.70. The molecule has 11 heavy (non-hydrogen) atoms. The summed E-state index contributed by atoms with van der Waals surface area (Å²) in [5.41, 5.74) is 0. The van der Waals surface area contributed by atoms with E-state index in [0.717, 1.165) is 12.8 Å². The van der Waals surface area contributed by atoms with Crippen molar-refractivity contribution in [3.05, 3.63) is 0 Å². The monoisotopic (exact) mass is 178 g/mol. The smallest absolute Gasteiger partial charge is 0.272 e. The Morgan fingerprint density at radius 3 is 2.18 bits per heavy atom. The highest BCUT2D eigenvalue weighted by Gasteiger charge is 2.48. The second kappa shape index (κ2) is 2.45. The van der Waals surface area contributed by atoms with E-state index < -0.39 is 14.9 Å². The molecule has 3 nitrogen and oxygen atoms in total. The van der Waals surface area contributed by atoms with Crippen LogP contribution in [0.25, 0.3) is 0 Å². The lowest BCUT2D eigenvalue weighted by Crippen LogP contribution is -2.47. The molecule has 0 aromatic heterocycles. The SMILES string of the molecule is COS(=O)(=O)C1(C)CC(C)C1. The first kappa shape index (κ1) is 9.00. The van der Waals surface area contributed by atoms with Crippen LogP contribution in [-0.2, 0) is 14.3 Å². The molecule has 0 aromatic carbocycles. The molecule has 0 spiro atoms. The average Bonchev–Trinajstić information content (AvgIpc) is 1.85. The van der Waals surface area contributed by atoms with E-state index in [2.05, 4.69) is 4.18 Å². The Hall–Kier alpha value is -0.0900. The first-order chi connectivity index (χ1) is 4.91. The van der Waals surface area contributed by atoms with Gasteiger partial charge in [-0.1, -0.05) is 6.92 Å². The standard InChI is InChI=1S/C7H14O3S/c1-6-4-7(2,5-6)11(8,9)10-3/h6H,4-5H2,1-3H3. The van der Waals surface area contributed by atoms with Crippen LogP contribution in [0, 0.1) is 5.92 Å². The summed E-state index contributed by atoms with van der Waals surface area (Å²) in [6.45, 7) is 3.79. The van der Waals surface area contributed by atoms with Crippen LogP contribution in [0.3, 0.4) is 0 Å². The van der Waals surface area contributed by atoms with Crippen LogP contribution >= 0.6 is 0 Å². The Kier molecular flexibility index (Phi) is 2.01. The van der Waals surface area contributed by atoms with Gasteiger partial charge >= 0.3 is 0 Å². The van der Waals surface area contributed by atoms with E-state index in [-0.39, 0.29) is 0 Å². The lowest BCUT2D eigenvalue weighted by molar-refractivity contribution is 0.228. The molecule has 1 rings (SSSR count). The highest BCUT2D eigenvalue weighted by Crippen LogP contribution is 2.43. The highest BCUT2D eigenvalue weighted by molar-refractivity contribution is 7.88. The Morgan fingerprint density at radius 2 is 1.91 bits per heavy atom. The molecule has 0 unspecified atom stereocenters. The van der Waals surface area contributed by atoms with Gasteiger partial charge in [0.05, 0.1) is 11.9 Å². The van der Waals surface area contributed by atoms with E-state index in [9.17, 15) is 8.42 Å². The summed E-state index contributed by atoms with van der Waals surface area (Å²) in [6.07, 6.45) is 1.45. The molecule has 1 aliphatic rings. The van der Waals surface area contributed by atoms with E-state index in [1.165, 1.54) is 7.11 Å². The van der Waals surface area contributed by atoms with Crippen molar-refractivity contribution in [1.82, 2.24) is 0 Å². The molecular weight excluding hydrogens is 164 g/mol. The Labute approximate surface area is 67.9 Å². The van der Waals surface area contributed by atoms with Crippen molar-refractivity contribution < 1.29 is 12.6 Å². The van der Waals surface area contributed by atoms with Gasteiger partial charge in [0.25, 0.3) is 10.1 Å². The quantitative estimate of drug-likeness (QED) is 0.596. The summed E-state index contributed by atoms with van der Waals surface area (Å²) in [6, 6.07) is 0. The van der Waals surface area contributed by atoms with Crippen LogP contribution in [-0.4, -0.2) is 20.3 Å². The Bertz CT molecular complexity index is 236. The van der Waals surface area contributed by atoms with Crippen LogP contribution in [0.4, 0.5) is 0 Å². The lowest BCUT2D eigenvalue weighted by Gasteiger charge is -2.41. The van der Waals surface area contributed by atoms with Crippen molar-refractivity contribution in [2.75, 3.05) is 7.11 Å². The maximum Gasteiger partial charge on any atom is 0.272 e.